The maximum absolute atomic E-state index is 11.0. The lowest BCUT2D eigenvalue weighted by Crippen LogP contribution is -2.50. The summed E-state index contributed by atoms with van der Waals surface area (Å²) in [6.07, 6.45) is 11.7. The number of halogens is 1. The molecule has 0 aromatic heterocycles. The van der Waals surface area contributed by atoms with E-state index < -0.39 is 5.97 Å². The molecule has 1 aromatic carbocycles. The Kier molecular flexibility index (Phi) is 8.24. The SMILES string of the molecule is CC1=C(CN2CC(C(=O)O)C2)CCc2cc(OCCCC3CCCCC3)ccc21.Cl. The summed E-state index contributed by atoms with van der Waals surface area (Å²) >= 11 is 0. The largest absolute Gasteiger partial charge is 0.494 e. The molecule has 4 nitrogen and oxygen atoms in total. The van der Waals surface area contributed by atoms with Gasteiger partial charge in [-0.25, -0.2) is 0 Å². The van der Waals surface area contributed by atoms with Crippen molar-refractivity contribution in [1.29, 1.82) is 0 Å². The minimum Gasteiger partial charge on any atom is -0.494 e. The number of ether oxygens (including phenoxy) is 1. The van der Waals surface area contributed by atoms with E-state index in [9.17, 15) is 4.79 Å². The van der Waals surface area contributed by atoms with Crippen LogP contribution in [0.1, 0.15) is 69.4 Å². The highest BCUT2D eigenvalue weighted by molar-refractivity contribution is 5.85. The fourth-order valence-corrected chi connectivity index (χ4v) is 5.26. The number of likely N-dealkylation sites (tertiary alicyclic amines) is 1. The van der Waals surface area contributed by atoms with E-state index in [-0.39, 0.29) is 18.3 Å². The molecule has 0 amide bonds. The second-order valence-electron chi connectivity index (χ2n) is 9.27. The molecule has 0 unspecified atom stereocenters. The van der Waals surface area contributed by atoms with Crippen molar-refractivity contribution in [2.24, 2.45) is 11.8 Å². The Hall–Kier alpha value is -1.52. The average Bonchev–Trinajstić information content (AvgIpc) is 2.69. The molecule has 1 saturated carbocycles. The molecular formula is C25H36ClNO3. The fourth-order valence-electron chi connectivity index (χ4n) is 5.26. The average molecular weight is 434 g/mol. The van der Waals surface area contributed by atoms with Gasteiger partial charge in [0.2, 0.25) is 0 Å². The number of hydrogen-bond donors (Lipinski definition) is 1. The summed E-state index contributed by atoms with van der Waals surface area (Å²) in [5.41, 5.74) is 5.57. The van der Waals surface area contributed by atoms with Crippen molar-refractivity contribution >= 4 is 23.9 Å². The van der Waals surface area contributed by atoms with Crippen molar-refractivity contribution in [3.63, 3.8) is 0 Å². The van der Waals surface area contributed by atoms with Crippen LogP contribution in [0.15, 0.2) is 23.8 Å². The molecule has 166 valence electrons. The van der Waals surface area contributed by atoms with Gasteiger partial charge in [0.05, 0.1) is 12.5 Å². The monoisotopic (exact) mass is 433 g/mol. The molecular weight excluding hydrogens is 398 g/mol. The minimum atomic E-state index is -0.660. The third-order valence-corrected chi connectivity index (χ3v) is 7.18. The standard InChI is InChI=1S/C25H35NO3.ClH/c1-18-21(15-26-16-22(17-26)25(27)28)10-9-20-14-23(11-12-24(18)20)29-13-5-8-19-6-3-2-4-7-19;/h11-12,14,19,22H,2-10,13,15-17H2,1H3,(H,27,28);1H. The quantitative estimate of drug-likeness (QED) is 0.543. The highest BCUT2D eigenvalue weighted by Gasteiger charge is 2.33. The van der Waals surface area contributed by atoms with E-state index in [1.54, 1.807) is 0 Å². The second kappa shape index (κ2) is 10.7. The summed E-state index contributed by atoms with van der Waals surface area (Å²) in [4.78, 5) is 13.3. The third-order valence-electron chi connectivity index (χ3n) is 7.18. The summed E-state index contributed by atoms with van der Waals surface area (Å²) in [5, 5.41) is 9.06. The predicted molar refractivity (Wildman–Crippen MR) is 123 cm³/mol. The molecule has 0 bridgehead atoms. The number of carboxylic acids is 1. The first-order valence-electron chi connectivity index (χ1n) is 11.5. The number of benzene rings is 1. The predicted octanol–water partition coefficient (Wildman–Crippen LogP) is 5.58. The molecule has 1 saturated heterocycles. The van der Waals surface area contributed by atoms with Gasteiger partial charge in [-0.1, -0.05) is 43.7 Å². The number of nitrogens with zero attached hydrogens (tertiary/aromatic N) is 1. The lowest BCUT2D eigenvalue weighted by molar-refractivity contribution is -0.147. The summed E-state index contributed by atoms with van der Waals surface area (Å²) in [6.45, 7) is 5.33. The smallest absolute Gasteiger partial charge is 0.309 e. The number of rotatable bonds is 8. The molecule has 5 heteroatoms. The van der Waals surface area contributed by atoms with Gasteiger partial charge in [0.1, 0.15) is 5.75 Å². The Labute approximate surface area is 187 Å². The van der Waals surface area contributed by atoms with E-state index in [1.165, 1.54) is 60.8 Å². The Bertz CT molecular complexity index is 764. The highest BCUT2D eigenvalue weighted by Crippen LogP contribution is 2.34. The third kappa shape index (κ3) is 5.59. The molecule has 3 aliphatic rings. The van der Waals surface area contributed by atoms with Crippen molar-refractivity contribution in [1.82, 2.24) is 4.90 Å². The minimum absolute atomic E-state index is 0. The van der Waals surface area contributed by atoms with Crippen LogP contribution in [0.4, 0.5) is 0 Å². The molecule has 0 atom stereocenters. The van der Waals surface area contributed by atoms with E-state index in [2.05, 4.69) is 30.0 Å². The van der Waals surface area contributed by atoms with Gasteiger partial charge < -0.3 is 9.84 Å². The van der Waals surface area contributed by atoms with Gasteiger partial charge in [0.15, 0.2) is 0 Å². The van der Waals surface area contributed by atoms with Crippen LogP contribution < -0.4 is 4.74 Å². The highest BCUT2D eigenvalue weighted by atomic mass is 35.5. The van der Waals surface area contributed by atoms with E-state index in [0.29, 0.717) is 13.1 Å². The van der Waals surface area contributed by atoms with E-state index in [1.807, 2.05) is 0 Å². The molecule has 1 heterocycles. The van der Waals surface area contributed by atoms with Crippen LogP contribution in [-0.2, 0) is 11.2 Å². The molecule has 0 spiro atoms. The second-order valence-corrected chi connectivity index (χ2v) is 9.27. The van der Waals surface area contributed by atoms with Crippen LogP contribution in [0.5, 0.6) is 5.75 Å². The van der Waals surface area contributed by atoms with Crippen molar-refractivity contribution in [3.05, 3.63) is 34.9 Å². The molecule has 1 aliphatic heterocycles. The first kappa shape index (κ1) is 23.1. The van der Waals surface area contributed by atoms with Crippen LogP contribution >= 0.6 is 12.4 Å². The summed E-state index contributed by atoms with van der Waals surface area (Å²) in [5.74, 6) is 1.10. The molecule has 2 fully saturated rings. The number of allylic oxidation sites excluding steroid dienone is 1. The first-order chi connectivity index (χ1) is 14.1. The van der Waals surface area contributed by atoms with Crippen LogP contribution in [0.3, 0.4) is 0 Å². The normalized spacial score (nSPS) is 20.3. The maximum Gasteiger partial charge on any atom is 0.309 e. The van der Waals surface area contributed by atoms with Crippen LogP contribution in [-0.4, -0.2) is 42.2 Å². The van der Waals surface area contributed by atoms with Crippen molar-refractivity contribution in [2.75, 3.05) is 26.2 Å². The zero-order chi connectivity index (χ0) is 20.2. The van der Waals surface area contributed by atoms with Crippen LogP contribution in [0.25, 0.3) is 5.57 Å². The van der Waals surface area contributed by atoms with Crippen molar-refractivity contribution in [3.8, 4) is 5.75 Å². The van der Waals surface area contributed by atoms with Gasteiger partial charge in [-0.05, 0) is 67.4 Å². The number of carbonyl (C=O) groups is 1. The summed E-state index contributed by atoms with van der Waals surface area (Å²) in [7, 11) is 0. The molecule has 1 N–H and O–H groups in total. The summed E-state index contributed by atoms with van der Waals surface area (Å²) in [6, 6.07) is 6.58. The number of carboxylic acid groups (broad SMARTS) is 1. The Morgan fingerprint density at radius 1 is 1.17 bits per heavy atom. The number of hydrogen-bond acceptors (Lipinski definition) is 3. The van der Waals surface area contributed by atoms with Crippen molar-refractivity contribution < 1.29 is 14.6 Å². The Morgan fingerprint density at radius 2 is 1.93 bits per heavy atom. The zero-order valence-corrected chi connectivity index (χ0v) is 19.0. The van der Waals surface area contributed by atoms with Gasteiger partial charge in [0, 0.05) is 19.6 Å². The van der Waals surface area contributed by atoms with Crippen molar-refractivity contribution in [2.45, 2.75) is 64.7 Å². The van der Waals surface area contributed by atoms with Gasteiger partial charge in [0.25, 0.3) is 0 Å². The van der Waals surface area contributed by atoms with Crippen LogP contribution in [0, 0.1) is 11.8 Å². The topological polar surface area (TPSA) is 49.8 Å². The van der Waals surface area contributed by atoms with E-state index in [0.717, 1.165) is 44.1 Å². The molecule has 2 aliphatic carbocycles. The van der Waals surface area contributed by atoms with Gasteiger partial charge in [-0.15, -0.1) is 12.4 Å². The number of aliphatic carboxylic acids is 1. The van der Waals surface area contributed by atoms with Gasteiger partial charge in [-0.2, -0.15) is 0 Å². The Morgan fingerprint density at radius 3 is 2.67 bits per heavy atom. The molecule has 4 rings (SSSR count). The Balaban J connectivity index is 0.00000256. The lowest BCUT2D eigenvalue weighted by atomic mass is 9.85. The zero-order valence-electron chi connectivity index (χ0n) is 18.2. The van der Waals surface area contributed by atoms with Gasteiger partial charge in [-0.3, -0.25) is 9.69 Å². The van der Waals surface area contributed by atoms with Crippen LogP contribution in [0.2, 0.25) is 0 Å². The van der Waals surface area contributed by atoms with Gasteiger partial charge >= 0.3 is 5.97 Å². The van der Waals surface area contributed by atoms with E-state index in [4.69, 9.17) is 9.84 Å². The molecule has 0 radical (unpaired) electrons. The number of fused-ring (bicyclic) bond motifs is 1. The summed E-state index contributed by atoms with van der Waals surface area (Å²) < 4.78 is 6.07. The molecule has 30 heavy (non-hydrogen) atoms. The molecule has 1 aromatic rings. The lowest BCUT2D eigenvalue weighted by Gasteiger charge is -2.38. The maximum atomic E-state index is 11.0. The number of aryl methyl sites for hydroxylation is 1. The first-order valence-corrected chi connectivity index (χ1v) is 11.5. The fraction of sp³-hybridized carbons (Fsp3) is 0.640. The van der Waals surface area contributed by atoms with E-state index >= 15 is 0 Å².